The van der Waals surface area contributed by atoms with Gasteiger partial charge < -0.3 is 9.47 Å². The van der Waals surface area contributed by atoms with Crippen LogP contribution >= 0.6 is 0 Å². The molecule has 0 bridgehead atoms. The average Bonchev–Trinajstić information content (AvgIpc) is 2.49. The van der Waals surface area contributed by atoms with Crippen LogP contribution < -0.4 is 20.3 Å². The number of ether oxygens (including phenoxy) is 2. The minimum atomic E-state index is -0.422. The molecule has 0 radical (unpaired) electrons. The molecular formula is C16H20N2O4. The van der Waals surface area contributed by atoms with Gasteiger partial charge in [0.15, 0.2) is 11.5 Å². The average molecular weight is 304 g/mol. The first kappa shape index (κ1) is 15.9. The summed E-state index contributed by atoms with van der Waals surface area (Å²) in [7, 11) is 0. The number of benzene rings is 1. The highest BCUT2D eigenvalue weighted by molar-refractivity contribution is 5.97. The molecule has 6 heteroatoms. The largest absolute Gasteiger partial charge is 0.486 e. The van der Waals surface area contributed by atoms with Crippen LogP contribution in [0.15, 0.2) is 30.4 Å². The van der Waals surface area contributed by atoms with E-state index in [1.165, 1.54) is 6.08 Å². The first-order valence-electron chi connectivity index (χ1n) is 7.04. The lowest BCUT2D eigenvalue weighted by Crippen LogP contribution is -2.40. The summed E-state index contributed by atoms with van der Waals surface area (Å²) in [6.07, 6.45) is 3.16. The highest BCUT2D eigenvalue weighted by Gasteiger charge is 2.15. The zero-order valence-corrected chi connectivity index (χ0v) is 12.9. The Labute approximate surface area is 129 Å². The van der Waals surface area contributed by atoms with Gasteiger partial charge in [-0.05, 0) is 23.6 Å². The Morgan fingerprint density at radius 2 is 1.77 bits per heavy atom. The number of allylic oxidation sites excluding steroid dienone is 1. The molecule has 2 amide bonds. The van der Waals surface area contributed by atoms with Crippen LogP contribution in [0, 0.1) is 5.41 Å². The molecule has 0 saturated carbocycles. The maximum absolute atomic E-state index is 12.0. The fourth-order valence-corrected chi connectivity index (χ4v) is 1.74. The molecule has 0 aliphatic carbocycles. The number of hydrogen-bond acceptors (Lipinski definition) is 4. The summed E-state index contributed by atoms with van der Waals surface area (Å²) in [6.45, 7) is 6.88. The van der Waals surface area contributed by atoms with Gasteiger partial charge >= 0.3 is 0 Å². The predicted molar refractivity (Wildman–Crippen MR) is 81.6 cm³/mol. The fraction of sp³-hybridized carbons (Fsp3) is 0.375. The molecule has 0 fully saturated rings. The van der Waals surface area contributed by atoms with Crippen LogP contribution in [-0.4, -0.2) is 25.0 Å². The molecule has 1 aliphatic heterocycles. The number of fused-ring (bicyclic) bond motifs is 1. The van der Waals surface area contributed by atoms with Crippen molar-refractivity contribution in [2.24, 2.45) is 5.41 Å². The third kappa shape index (κ3) is 4.51. The van der Waals surface area contributed by atoms with Crippen LogP contribution in [0.2, 0.25) is 0 Å². The quantitative estimate of drug-likeness (QED) is 0.645. The van der Waals surface area contributed by atoms with Crippen molar-refractivity contribution in [2.45, 2.75) is 20.8 Å². The highest BCUT2D eigenvalue weighted by atomic mass is 16.6. The summed E-state index contributed by atoms with van der Waals surface area (Å²) in [6, 6.07) is 4.87. The van der Waals surface area contributed by atoms with Crippen molar-refractivity contribution in [3.8, 4) is 11.5 Å². The standard InChI is InChI=1S/C16H20N2O4/c1-16(2,3)7-6-14(19)17-18-15(20)11-4-5-12-13(10-11)22-9-8-21-12/h4-7,10H,8-9H2,1-3H3,(H,17,19)(H,18,20). The highest BCUT2D eigenvalue weighted by Crippen LogP contribution is 2.30. The zero-order chi connectivity index (χ0) is 16.2. The lowest BCUT2D eigenvalue weighted by molar-refractivity contribution is -0.117. The molecule has 0 aromatic heterocycles. The molecule has 1 heterocycles. The maximum Gasteiger partial charge on any atom is 0.269 e. The molecule has 0 unspecified atom stereocenters. The van der Waals surface area contributed by atoms with Gasteiger partial charge in [-0.3, -0.25) is 20.4 Å². The van der Waals surface area contributed by atoms with Gasteiger partial charge in [-0.15, -0.1) is 0 Å². The topological polar surface area (TPSA) is 76.7 Å². The van der Waals surface area contributed by atoms with E-state index in [0.717, 1.165) is 0 Å². The number of carbonyl (C=O) groups excluding carboxylic acids is 2. The molecule has 1 aromatic carbocycles. The number of carbonyl (C=O) groups is 2. The van der Waals surface area contributed by atoms with Crippen LogP contribution in [0.1, 0.15) is 31.1 Å². The predicted octanol–water partition coefficient (Wildman–Crippen LogP) is 1.82. The number of nitrogens with one attached hydrogen (secondary N) is 2. The van der Waals surface area contributed by atoms with Crippen LogP contribution in [-0.2, 0) is 4.79 Å². The summed E-state index contributed by atoms with van der Waals surface area (Å²) in [5.41, 5.74) is 4.97. The molecule has 0 atom stereocenters. The normalized spacial score (nSPS) is 13.8. The second-order valence-electron chi connectivity index (χ2n) is 6.00. The lowest BCUT2D eigenvalue weighted by Gasteiger charge is -2.18. The summed E-state index contributed by atoms with van der Waals surface area (Å²) in [5.74, 6) is 0.327. The first-order valence-corrected chi connectivity index (χ1v) is 7.04. The van der Waals surface area contributed by atoms with Gasteiger partial charge in [0.05, 0.1) is 0 Å². The Balaban J connectivity index is 1.92. The minimum absolute atomic E-state index is 0.100. The zero-order valence-electron chi connectivity index (χ0n) is 12.9. The van der Waals surface area contributed by atoms with E-state index in [9.17, 15) is 9.59 Å². The van der Waals surface area contributed by atoms with Gasteiger partial charge in [0, 0.05) is 11.6 Å². The summed E-state index contributed by atoms with van der Waals surface area (Å²) in [5, 5.41) is 0. The van der Waals surface area contributed by atoms with E-state index in [1.54, 1.807) is 24.3 Å². The van der Waals surface area contributed by atoms with Crippen molar-refractivity contribution in [3.63, 3.8) is 0 Å². The van der Waals surface area contributed by atoms with E-state index in [0.29, 0.717) is 30.3 Å². The Bertz CT molecular complexity index is 603. The molecule has 0 spiro atoms. The van der Waals surface area contributed by atoms with Gasteiger partial charge in [-0.1, -0.05) is 26.8 Å². The van der Waals surface area contributed by atoms with E-state index >= 15 is 0 Å². The fourth-order valence-electron chi connectivity index (χ4n) is 1.74. The van der Waals surface area contributed by atoms with Gasteiger partial charge in [0.25, 0.3) is 11.8 Å². The maximum atomic E-state index is 12.0. The van der Waals surface area contributed by atoms with Crippen molar-refractivity contribution in [3.05, 3.63) is 35.9 Å². The molecule has 118 valence electrons. The van der Waals surface area contributed by atoms with Crippen molar-refractivity contribution >= 4 is 11.8 Å². The van der Waals surface area contributed by atoms with E-state index in [4.69, 9.17) is 9.47 Å². The van der Waals surface area contributed by atoms with Crippen LogP contribution in [0.4, 0.5) is 0 Å². The summed E-state index contributed by atoms with van der Waals surface area (Å²) < 4.78 is 10.8. The number of hydrogen-bond donors (Lipinski definition) is 2. The molecule has 6 nitrogen and oxygen atoms in total. The molecule has 1 aromatic rings. The molecule has 22 heavy (non-hydrogen) atoms. The van der Waals surface area contributed by atoms with Crippen LogP contribution in [0.3, 0.4) is 0 Å². The van der Waals surface area contributed by atoms with E-state index in [1.807, 2.05) is 20.8 Å². The SMILES string of the molecule is CC(C)(C)C=CC(=O)NNC(=O)c1ccc2c(c1)OCCO2. The van der Waals surface area contributed by atoms with Gasteiger partial charge in [0.1, 0.15) is 13.2 Å². The van der Waals surface area contributed by atoms with Crippen molar-refractivity contribution < 1.29 is 19.1 Å². The smallest absolute Gasteiger partial charge is 0.269 e. The van der Waals surface area contributed by atoms with E-state index < -0.39 is 5.91 Å². The second kappa shape index (κ2) is 6.51. The lowest BCUT2D eigenvalue weighted by atomic mass is 9.96. The number of hydrazine groups is 1. The Morgan fingerprint density at radius 3 is 2.45 bits per heavy atom. The van der Waals surface area contributed by atoms with Gasteiger partial charge in [-0.25, -0.2) is 0 Å². The third-order valence-corrected chi connectivity index (χ3v) is 2.84. The van der Waals surface area contributed by atoms with Crippen LogP contribution in [0.5, 0.6) is 11.5 Å². The minimum Gasteiger partial charge on any atom is -0.486 e. The second-order valence-corrected chi connectivity index (χ2v) is 6.00. The van der Waals surface area contributed by atoms with E-state index in [2.05, 4.69) is 10.9 Å². The van der Waals surface area contributed by atoms with Gasteiger partial charge in [0.2, 0.25) is 0 Å². The van der Waals surface area contributed by atoms with Crippen molar-refractivity contribution in [1.82, 2.24) is 10.9 Å². The Hall–Kier alpha value is -2.50. The molecule has 2 N–H and O–H groups in total. The first-order chi connectivity index (χ1) is 10.3. The monoisotopic (exact) mass is 304 g/mol. The van der Waals surface area contributed by atoms with Gasteiger partial charge in [-0.2, -0.15) is 0 Å². The van der Waals surface area contributed by atoms with Crippen LogP contribution in [0.25, 0.3) is 0 Å². The molecular weight excluding hydrogens is 284 g/mol. The van der Waals surface area contributed by atoms with Crippen molar-refractivity contribution in [1.29, 1.82) is 0 Å². The Morgan fingerprint density at radius 1 is 1.09 bits per heavy atom. The third-order valence-electron chi connectivity index (χ3n) is 2.84. The summed E-state index contributed by atoms with van der Waals surface area (Å²) in [4.78, 5) is 23.6. The van der Waals surface area contributed by atoms with E-state index in [-0.39, 0.29) is 11.3 Å². The molecule has 0 saturated heterocycles. The Kier molecular flexibility index (Phi) is 4.70. The molecule has 2 rings (SSSR count). The van der Waals surface area contributed by atoms with Crippen molar-refractivity contribution in [2.75, 3.05) is 13.2 Å². The summed E-state index contributed by atoms with van der Waals surface area (Å²) >= 11 is 0. The number of amides is 2. The molecule has 1 aliphatic rings. The number of rotatable bonds is 2.